The monoisotopic (exact) mass is 504 g/mol. The van der Waals surface area contributed by atoms with Crippen LogP contribution in [0.1, 0.15) is 65.1 Å². The Morgan fingerprint density at radius 1 is 1.14 bits per heavy atom. The number of amides is 2. The van der Waals surface area contributed by atoms with E-state index < -0.39 is 20.0 Å². The predicted octanol–water partition coefficient (Wildman–Crippen LogP) is 6.51. The molecule has 1 fully saturated rings. The number of carbonyl (C=O) groups excluding carboxylic acids is 2. The lowest BCUT2D eigenvalue weighted by molar-refractivity contribution is 0.0208. The van der Waals surface area contributed by atoms with Gasteiger partial charge in [0.15, 0.2) is 8.32 Å². The molecule has 1 heterocycles. The zero-order chi connectivity index (χ0) is 26.6. The Kier molecular flexibility index (Phi) is 9.22. The maximum Gasteiger partial charge on any atom is 0.410 e. The van der Waals surface area contributed by atoms with E-state index >= 15 is 0 Å². The molecular formula is C27H44N2O5Si. The maximum atomic E-state index is 13.1. The standard InChI is InChI=1S/C27H44N2O5Si/c1-11-16-32-24(30)28(8)18-20-12-14-21(15-13-20)23-17-22(34-35(9,10)27(5,6)7)19-29(23)25(31)33-26(2,3)4/h11-15,22-23H,1,16-19H2,2-10H3/t22-,23-/m1/s1. The maximum absolute atomic E-state index is 13.1. The van der Waals surface area contributed by atoms with Gasteiger partial charge in [-0.1, -0.05) is 57.7 Å². The molecular weight excluding hydrogens is 460 g/mol. The van der Waals surface area contributed by atoms with E-state index in [-0.39, 0.29) is 29.9 Å². The summed E-state index contributed by atoms with van der Waals surface area (Å²) < 4.78 is 17.5. The van der Waals surface area contributed by atoms with Gasteiger partial charge in [0.2, 0.25) is 0 Å². The van der Waals surface area contributed by atoms with Crippen LogP contribution in [0.2, 0.25) is 18.1 Å². The first-order valence-corrected chi connectivity index (χ1v) is 15.2. The molecule has 0 spiro atoms. The van der Waals surface area contributed by atoms with Gasteiger partial charge in [0.05, 0.1) is 12.1 Å². The van der Waals surface area contributed by atoms with Crippen LogP contribution in [-0.4, -0.2) is 62.2 Å². The summed E-state index contributed by atoms with van der Waals surface area (Å²) in [5.74, 6) is 0. The summed E-state index contributed by atoms with van der Waals surface area (Å²) in [5.41, 5.74) is 1.43. The Balaban J connectivity index is 2.21. The summed E-state index contributed by atoms with van der Waals surface area (Å²) in [5, 5.41) is 0.0856. The van der Waals surface area contributed by atoms with Gasteiger partial charge in [-0.05, 0) is 56.5 Å². The second-order valence-corrected chi connectivity index (χ2v) is 16.6. The van der Waals surface area contributed by atoms with E-state index in [1.54, 1.807) is 18.0 Å². The van der Waals surface area contributed by atoms with E-state index in [4.69, 9.17) is 13.9 Å². The fourth-order valence-corrected chi connectivity index (χ4v) is 5.10. The first-order valence-electron chi connectivity index (χ1n) is 12.3. The van der Waals surface area contributed by atoms with Gasteiger partial charge in [0.1, 0.15) is 12.2 Å². The van der Waals surface area contributed by atoms with Gasteiger partial charge >= 0.3 is 12.2 Å². The topological polar surface area (TPSA) is 68.3 Å². The van der Waals surface area contributed by atoms with Crippen molar-refractivity contribution in [3.8, 4) is 0 Å². The molecule has 1 aliphatic heterocycles. The van der Waals surface area contributed by atoms with E-state index in [0.717, 1.165) is 17.5 Å². The molecule has 1 saturated heterocycles. The molecule has 0 radical (unpaired) electrons. The largest absolute Gasteiger partial charge is 0.445 e. The first-order chi connectivity index (χ1) is 16.0. The first kappa shape index (κ1) is 28.9. The number of ether oxygens (including phenoxy) is 2. The average molecular weight is 505 g/mol. The summed E-state index contributed by atoms with van der Waals surface area (Å²) in [6.07, 6.45) is 1.50. The summed E-state index contributed by atoms with van der Waals surface area (Å²) in [7, 11) is -0.296. The van der Waals surface area contributed by atoms with E-state index in [1.807, 2.05) is 45.0 Å². The minimum atomic E-state index is -1.99. The van der Waals surface area contributed by atoms with Gasteiger partial charge in [0, 0.05) is 20.1 Å². The van der Waals surface area contributed by atoms with E-state index in [1.165, 1.54) is 4.90 Å². The molecule has 0 bridgehead atoms. The highest BCUT2D eigenvalue weighted by atomic mass is 28.4. The summed E-state index contributed by atoms with van der Waals surface area (Å²) in [6.45, 7) is 21.5. The zero-order valence-corrected chi connectivity index (χ0v) is 24.0. The number of hydrogen-bond acceptors (Lipinski definition) is 5. The minimum Gasteiger partial charge on any atom is -0.445 e. The number of benzene rings is 1. The van der Waals surface area contributed by atoms with Crippen LogP contribution in [0.3, 0.4) is 0 Å². The highest BCUT2D eigenvalue weighted by Gasteiger charge is 2.44. The minimum absolute atomic E-state index is 0.0427. The van der Waals surface area contributed by atoms with Crippen molar-refractivity contribution < 1.29 is 23.5 Å². The normalized spacial score (nSPS) is 18.8. The Hall–Kier alpha value is -2.32. The summed E-state index contributed by atoms with van der Waals surface area (Å²) >= 11 is 0. The highest BCUT2D eigenvalue weighted by molar-refractivity contribution is 6.74. The van der Waals surface area contributed by atoms with Crippen LogP contribution in [0.25, 0.3) is 0 Å². The summed E-state index contributed by atoms with van der Waals surface area (Å²) in [6, 6.07) is 7.89. The predicted molar refractivity (Wildman–Crippen MR) is 142 cm³/mol. The van der Waals surface area contributed by atoms with Crippen LogP contribution in [0, 0.1) is 0 Å². The third-order valence-corrected chi connectivity index (χ3v) is 11.1. The molecule has 0 aliphatic carbocycles. The van der Waals surface area contributed by atoms with Gasteiger partial charge in [-0.3, -0.25) is 4.90 Å². The molecule has 1 aliphatic rings. The molecule has 7 nitrogen and oxygen atoms in total. The van der Waals surface area contributed by atoms with Gasteiger partial charge in [-0.2, -0.15) is 0 Å². The number of nitrogens with zero attached hydrogens (tertiary/aromatic N) is 2. The lowest BCUT2D eigenvalue weighted by Crippen LogP contribution is -2.45. The number of likely N-dealkylation sites (tertiary alicyclic amines) is 1. The SMILES string of the molecule is C=CCOC(=O)N(C)Cc1ccc([C@H]2C[C@@H](O[Si](C)(C)C(C)(C)C)CN2C(=O)OC(C)(C)C)cc1. The average Bonchev–Trinajstić information content (AvgIpc) is 3.13. The van der Waals surface area contributed by atoms with E-state index in [0.29, 0.717) is 13.1 Å². The van der Waals surface area contributed by atoms with Crippen LogP contribution >= 0.6 is 0 Å². The van der Waals surface area contributed by atoms with Crippen LogP contribution < -0.4 is 0 Å². The zero-order valence-electron chi connectivity index (χ0n) is 23.0. The molecule has 0 N–H and O–H groups in total. The lowest BCUT2D eigenvalue weighted by Gasteiger charge is -2.38. The van der Waals surface area contributed by atoms with Crippen molar-refractivity contribution in [3.63, 3.8) is 0 Å². The smallest absolute Gasteiger partial charge is 0.410 e. The Labute approximate surface area is 212 Å². The Morgan fingerprint density at radius 3 is 2.26 bits per heavy atom. The molecule has 0 aromatic heterocycles. The van der Waals surface area contributed by atoms with Crippen molar-refractivity contribution in [1.29, 1.82) is 0 Å². The molecule has 35 heavy (non-hydrogen) atoms. The number of carbonyl (C=O) groups is 2. The second kappa shape index (κ2) is 11.2. The fourth-order valence-electron chi connectivity index (χ4n) is 3.74. The van der Waals surface area contributed by atoms with E-state index in [9.17, 15) is 9.59 Å². The second-order valence-electron chi connectivity index (χ2n) is 11.8. The van der Waals surface area contributed by atoms with E-state index in [2.05, 4.69) is 40.4 Å². The van der Waals surface area contributed by atoms with Crippen molar-refractivity contribution in [2.75, 3.05) is 20.2 Å². The van der Waals surface area contributed by atoms with Crippen molar-refractivity contribution in [1.82, 2.24) is 9.80 Å². The van der Waals surface area contributed by atoms with Crippen molar-refractivity contribution >= 4 is 20.5 Å². The number of rotatable bonds is 7. The quantitative estimate of drug-likeness (QED) is 0.313. The van der Waals surface area contributed by atoms with Crippen LogP contribution in [0.15, 0.2) is 36.9 Å². The number of hydrogen-bond donors (Lipinski definition) is 0. The fraction of sp³-hybridized carbons (Fsp3) is 0.630. The molecule has 8 heteroatoms. The van der Waals surface area contributed by atoms with Crippen LogP contribution in [0.5, 0.6) is 0 Å². The Morgan fingerprint density at radius 2 is 1.74 bits per heavy atom. The Bertz CT molecular complexity index is 886. The van der Waals surface area contributed by atoms with Gasteiger partial charge in [0.25, 0.3) is 0 Å². The van der Waals surface area contributed by atoms with Gasteiger partial charge in [-0.25, -0.2) is 9.59 Å². The molecule has 2 amide bonds. The third-order valence-electron chi connectivity index (χ3n) is 6.58. The molecule has 196 valence electrons. The van der Waals surface area contributed by atoms with Gasteiger partial charge in [-0.15, -0.1) is 0 Å². The van der Waals surface area contributed by atoms with Crippen molar-refractivity contribution in [2.45, 2.75) is 90.4 Å². The van der Waals surface area contributed by atoms with Crippen LogP contribution in [-0.2, 0) is 20.4 Å². The molecule has 0 unspecified atom stereocenters. The molecule has 1 aromatic rings. The molecule has 2 atom stereocenters. The van der Waals surface area contributed by atoms with Crippen molar-refractivity contribution in [3.05, 3.63) is 48.0 Å². The lowest BCUT2D eigenvalue weighted by atomic mass is 10.0. The van der Waals surface area contributed by atoms with Crippen molar-refractivity contribution in [2.24, 2.45) is 0 Å². The summed E-state index contributed by atoms with van der Waals surface area (Å²) in [4.78, 5) is 28.5. The molecule has 1 aromatic carbocycles. The molecule has 0 saturated carbocycles. The molecule has 2 rings (SSSR count). The third kappa shape index (κ3) is 8.10. The van der Waals surface area contributed by atoms with Crippen LogP contribution in [0.4, 0.5) is 9.59 Å². The van der Waals surface area contributed by atoms with Gasteiger partial charge < -0.3 is 18.8 Å². The highest BCUT2D eigenvalue weighted by Crippen LogP contribution is 2.41.